The van der Waals surface area contributed by atoms with Gasteiger partial charge in [0, 0.05) is 66.4 Å². The van der Waals surface area contributed by atoms with Crippen LogP contribution in [-0.4, -0.2) is 72.1 Å². The summed E-state index contributed by atoms with van der Waals surface area (Å²) >= 11 is 0. The van der Waals surface area contributed by atoms with Crippen LogP contribution >= 0.6 is 0 Å². The zero-order valence-corrected chi connectivity index (χ0v) is 37.6. The summed E-state index contributed by atoms with van der Waals surface area (Å²) in [5.41, 5.74) is 10.3. The Morgan fingerprint density at radius 3 is 2.53 bits per heavy atom. The zero-order chi connectivity index (χ0) is 46.8. The number of aromatic nitrogens is 2. The Balaban J connectivity index is 0.846. The lowest BCUT2D eigenvalue weighted by Crippen LogP contribution is -2.50. The van der Waals surface area contributed by atoms with Gasteiger partial charge in [-0.1, -0.05) is 33.3 Å². The topological polar surface area (TPSA) is 226 Å². The number of dihydropyridines is 1. The summed E-state index contributed by atoms with van der Waals surface area (Å²) < 4.78 is 15.6. The van der Waals surface area contributed by atoms with Gasteiger partial charge in [-0.15, -0.1) is 0 Å². The number of primary amides is 1. The number of phenols is 2. The molecule has 4 aliphatic heterocycles. The minimum absolute atomic E-state index is 0.0659. The molecule has 4 aromatic rings. The van der Waals surface area contributed by atoms with Crippen molar-refractivity contribution < 1.29 is 39.2 Å². The average Bonchev–Trinajstić information content (AvgIpc) is 3.87. The van der Waals surface area contributed by atoms with Crippen LogP contribution in [0.1, 0.15) is 107 Å². The molecule has 2 aromatic heterocycles. The fourth-order valence-corrected chi connectivity index (χ4v) is 10.5. The molecule has 0 saturated carbocycles. The first-order valence-corrected chi connectivity index (χ1v) is 22.8. The molecule has 6 N–H and O–H groups in total. The number of hydrogen-bond donors (Lipinski definition) is 5. The van der Waals surface area contributed by atoms with Gasteiger partial charge < -0.3 is 44.6 Å². The highest BCUT2D eigenvalue weighted by atomic mass is 16.6. The van der Waals surface area contributed by atoms with Crippen molar-refractivity contribution in [3.63, 3.8) is 0 Å². The largest absolute Gasteiger partial charge is 0.512 e. The van der Waals surface area contributed by atoms with E-state index in [9.17, 15) is 34.5 Å². The number of anilines is 1. The van der Waals surface area contributed by atoms with Gasteiger partial charge in [0.1, 0.15) is 23.9 Å². The van der Waals surface area contributed by atoms with E-state index in [1.165, 1.54) is 12.1 Å². The normalized spacial score (nSPS) is 20.2. The molecule has 16 nitrogen and oxygen atoms in total. The number of aliphatic hydroxyl groups is 1. The number of rotatable bonds is 10. The van der Waals surface area contributed by atoms with Crippen molar-refractivity contribution in [3.8, 4) is 11.5 Å². The van der Waals surface area contributed by atoms with Crippen molar-refractivity contribution in [2.75, 3.05) is 18.0 Å². The zero-order valence-electron chi connectivity index (χ0n) is 37.6. The predicted octanol–water partition coefficient (Wildman–Crippen LogP) is 8.11. The molecule has 16 heteroatoms. The number of urea groups is 1. The first-order chi connectivity index (χ1) is 31.6. The number of nitrogens with one attached hydrogen (secondary N) is 1. The van der Waals surface area contributed by atoms with Gasteiger partial charge in [-0.05, 0) is 110 Å². The lowest BCUT2D eigenvalue weighted by molar-refractivity contribution is -0.173. The summed E-state index contributed by atoms with van der Waals surface area (Å²) in [6.45, 7) is 9.29. The Hall–Kier alpha value is -7.10. The number of cyclic esters (lactones) is 1. The highest BCUT2D eigenvalue weighted by Gasteiger charge is 2.52. The number of aliphatic hydroxyl groups excluding tert-OH is 1. The number of pyridine rings is 1. The van der Waals surface area contributed by atoms with E-state index >= 15 is 0 Å². The van der Waals surface area contributed by atoms with Gasteiger partial charge in [0.15, 0.2) is 0 Å². The molecule has 1 aliphatic carbocycles. The molecule has 2 unspecified atom stereocenters. The van der Waals surface area contributed by atoms with Crippen molar-refractivity contribution in [2.45, 2.75) is 104 Å². The lowest BCUT2D eigenvalue weighted by atomic mass is 9.80. The van der Waals surface area contributed by atoms with Crippen molar-refractivity contribution in [3.05, 3.63) is 122 Å². The van der Waals surface area contributed by atoms with Crippen molar-refractivity contribution in [2.24, 2.45) is 22.6 Å². The van der Waals surface area contributed by atoms with Gasteiger partial charge in [-0.25, -0.2) is 19.3 Å². The molecule has 0 bridgehead atoms. The Morgan fingerprint density at radius 1 is 1.05 bits per heavy atom. The first kappa shape index (κ1) is 44.1. The smallest absolute Gasteiger partial charge is 0.411 e. The van der Waals surface area contributed by atoms with Crippen molar-refractivity contribution in [1.82, 2.24) is 14.0 Å². The third-order valence-electron chi connectivity index (χ3n) is 14.1. The second kappa shape index (κ2) is 17.0. The number of allylic oxidation sites excluding steroid dienone is 5. The van der Waals surface area contributed by atoms with Crippen LogP contribution in [0.4, 0.5) is 15.3 Å². The number of carbonyl (C=O) groups excluding carboxylic acids is 3. The number of piperidine rings is 1. The van der Waals surface area contributed by atoms with Crippen molar-refractivity contribution in [1.29, 1.82) is 5.41 Å². The number of aromatic hydroxyl groups is 2. The summed E-state index contributed by atoms with van der Waals surface area (Å²) in [6.07, 6.45) is 9.36. The molecule has 5 aliphatic rings. The van der Waals surface area contributed by atoms with E-state index in [2.05, 4.69) is 11.5 Å². The summed E-state index contributed by atoms with van der Waals surface area (Å²) in [7, 11) is 0. The van der Waals surface area contributed by atoms with E-state index in [1.807, 2.05) is 38.3 Å². The SMILES string of the molecule is CCC1=C2Cn3c(cc4c(c3=O)COC(=O)C4(CC)OC(=O)N3CCC(CCCn4ccc5cc(N(C(=N)c6cc(C(C)C)c(O)cc6O)C(N)=O)ccc54)CC3)C2=NC2=CC=C(O)CC21. The van der Waals surface area contributed by atoms with E-state index in [4.69, 9.17) is 25.6 Å². The number of ether oxygens (including phenoxy) is 2. The van der Waals surface area contributed by atoms with E-state index in [-0.39, 0.29) is 58.9 Å². The molecule has 2 aromatic carbocycles. The molecule has 66 heavy (non-hydrogen) atoms. The third-order valence-corrected chi connectivity index (χ3v) is 14.1. The van der Waals surface area contributed by atoms with Crippen LogP contribution in [0.25, 0.3) is 10.9 Å². The fraction of sp³-hybridized carbons (Fsp3) is 0.400. The quantitative estimate of drug-likeness (QED) is 0.0588. The van der Waals surface area contributed by atoms with Gasteiger partial charge in [-0.2, -0.15) is 0 Å². The van der Waals surface area contributed by atoms with Gasteiger partial charge in [0.25, 0.3) is 5.56 Å². The highest BCUT2D eigenvalue weighted by Crippen LogP contribution is 2.44. The molecular formula is C50H55N7O9. The number of fused-ring (bicyclic) bond motifs is 6. The average molecular weight is 898 g/mol. The Bertz CT molecular complexity index is 2910. The number of nitrogens with zero attached hydrogens (tertiary/aromatic N) is 5. The fourth-order valence-electron chi connectivity index (χ4n) is 10.5. The van der Waals surface area contributed by atoms with Crippen LogP contribution in [0.15, 0.2) is 93.2 Å². The summed E-state index contributed by atoms with van der Waals surface area (Å²) in [5, 5.41) is 40.9. The van der Waals surface area contributed by atoms with Gasteiger partial charge >= 0.3 is 18.1 Å². The van der Waals surface area contributed by atoms with Gasteiger partial charge in [0.2, 0.25) is 5.60 Å². The second-order valence-electron chi connectivity index (χ2n) is 18.2. The van der Waals surface area contributed by atoms with E-state index in [0.29, 0.717) is 66.0 Å². The van der Waals surface area contributed by atoms with Crippen LogP contribution in [-0.2, 0) is 39.6 Å². The molecule has 344 valence electrons. The van der Waals surface area contributed by atoms with E-state index in [1.54, 1.807) is 40.7 Å². The number of amides is 3. The maximum absolute atomic E-state index is 14.2. The van der Waals surface area contributed by atoms with E-state index < -0.39 is 23.7 Å². The minimum atomic E-state index is -1.81. The standard InChI is InChI=1S/C50H55N7O9/c1-5-32-34-21-31(58)10-11-39(34)53-44-36(32)25-56-41(44)23-38-37(46(56)61)26-65-47(62)50(38,6-2)66-49(64)55-17-13-28(14-18-55)8-7-16-54-19-15-29-20-30(9-12-40(29)54)57(48(52)63)45(51)35-22-33(27(3)4)42(59)24-43(35)60/h9-12,15,19-20,22-24,27-28,34,51,58-60H,5-8,13-14,16-18,21,25-26H2,1-4H3,(H2,52,63). The highest BCUT2D eigenvalue weighted by molar-refractivity contribution is 6.23. The number of nitrogens with two attached hydrogens (primary N) is 1. The lowest BCUT2D eigenvalue weighted by Gasteiger charge is -2.38. The third kappa shape index (κ3) is 7.41. The molecule has 3 amide bonds. The number of phenolic OH excluding ortho intramolecular Hbond substituents is 2. The van der Waals surface area contributed by atoms with Gasteiger partial charge in [0.05, 0.1) is 40.5 Å². The summed E-state index contributed by atoms with van der Waals surface area (Å²) in [5.74, 6) is -0.977. The van der Waals surface area contributed by atoms with Crippen LogP contribution in [0.2, 0.25) is 0 Å². The maximum Gasteiger partial charge on any atom is 0.411 e. The molecular weight excluding hydrogens is 843 g/mol. The van der Waals surface area contributed by atoms with Crippen LogP contribution < -0.4 is 16.2 Å². The number of likely N-dealkylation sites (tertiary alicyclic amines) is 1. The minimum Gasteiger partial charge on any atom is -0.512 e. The summed E-state index contributed by atoms with van der Waals surface area (Å²) in [4.78, 5) is 62.2. The Labute approximate surface area is 381 Å². The number of esters is 1. The van der Waals surface area contributed by atoms with E-state index in [0.717, 1.165) is 71.3 Å². The van der Waals surface area contributed by atoms with Crippen molar-refractivity contribution >= 4 is 46.2 Å². The molecule has 2 atom stereocenters. The monoisotopic (exact) mass is 897 g/mol. The number of carbonyl (C=O) groups is 3. The maximum atomic E-state index is 14.2. The Kier molecular flexibility index (Phi) is 11.4. The Morgan fingerprint density at radius 2 is 1.82 bits per heavy atom. The molecule has 0 radical (unpaired) electrons. The number of hydrogen-bond acceptors (Lipinski definition) is 11. The van der Waals surface area contributed by atoms with Crippen LogP contribution in [0.3, 0.4) is 0 Å². The molecule has 9 rings (SSSR count). The summed E-state index contributed by atoms with van der Waals surface area (Å²) in [6, 6.07) is 10.9. The predicted molar refractivity (Wildman–Crippen MR) is 248 cm³/mol. The van der Waals surface area contributed by atoms with Gasteiger partial charge in [-0.3, -0.25) is 15.2 Å². The number of amidine groups is 1. The molecule has 6 heterocycles. The molecule has 1 fully saturated rings. The second-order valence-corrected chi connectivity index (χ2v) is 18.2. The number of aliphatic imine (C=N–C) groups is 1. The number of aryl methyl sites for hydroxylation is 1. The number of benzene rings is 2. The van der Waals surface area contributed by atoms with Crippen LogP contribution in [0, 0.1) is 17.2 Å². The first-order valence-electron chi connectivity index (χ1n) is 22.8. The molecule has 0 spiro atoms. The van der Waals surface area contributed by atoms with Crippen LogP contribution in [0.5, 0.6) is 11.5 Å². The molecule has 1 saturated heterocycles.